The van der Waals surface area contributed by atoms with Crippen LogP contribution in [0.25, 0.3) is 0 Å². The number of hydrogen-bond acceptors (Lipinski definition) is 8. The van der Waals surface area contributed by atoms with Crippen LogP contribution in [0.2, 0.25) is 0 Å². The molecule has 2 aromatic rings. The van der Waals surface area contributed by atoms with Crippen LogP contribution >= 0.6 is 0 Å². The summed E-state index contributed by atoms with van der Waals surface area (Å²) in [5.74, 6) is -0.619. The predicted octanol–water partition coefficient (Wildman–Crippen LogP) is 4.60. The van der Waals surface area contributed by atoms with Gasteiger partial charge in [0, 0.05) is 17.8 Å². The fraction of sp³-hybridized carbons (Fsp3) is 0.391. The molecule has 0 fully saturated rings. The average molecular weight is 478 g/mol. The van der Waals surface area contributed by atoms with Gasteiger partial charge in [-0.1, -0.05) is 31.5 Å². The van der Waals surface area contributed by atoms with Crippen LogP contribution in [-0.2, 0) is 25.5 Å². The number of unbranched alkanes of at least 4 members (excludes halogenated alkanes) is 1. The van der Waals surface area contributed by atoms with Crippen molar-refractivity contribution >= 4 is 34.6 Å². The van der Waals surface area contributed by atoms with E-state index in [2.05, 4.69) is 10.0 Å². The van der Waals surface area contributed by atoms with Crippen LogP contribution in [0.4, 0.5) is 11.4 Å². The van der Waals surface area contributed by atoms with E-state index in [1.807, 2.05) is 13.0 Å². The van der Waals surface area contributed by atoms with Crippen molar-refractivity contribution in [3.63, 3.8) is 0 Å². The normalized spacial score (nSPS) is 11.9. The maximum Gasteiger partial charge on any atom is 0.341 e. The number of benzene rings is 2. The smallest absolute Gasteiger partial charge is 0.341 e. The highest BCUT2D eigenvalue weighted by atomic mass is 32.2. The molecular formula is C23H29N2O7S-. The van der Waals surface area contributed by atoms with Crippen molar-refractivity contribution in [1.82, 2.24) is 0 Å². The third-order valence-electron chi connectivity index (χ3n) is 4.32. The largest absolute Gasteiger partial charge is 0.755 e. The molecule has 0 aliphatic carbocycles. The number of esters is 2. The second kappa shape index (κ2) is 12.2. The first-order valence-electron chi connectivity index (χ1n) is 10.5. The lowest BCUT2D eigenvalue weighted by Crippen LogP contribution is -2.24. The van der Waals surface area contributed by atoms with Crippen molar-refractivity contribution in [1.29, 1.82) is 0 Å². The molecule has 0 aliphatic heterocycles. The molecule has 0 heterocycles. The Kier molecular flexibility index (Phi) is 9.68. The Balaban J connectivity index is 2.34. The summed E-state index contributed by atoms with van der Waals surface area (Å²) in [4.78, 5) is 24.5. The first-order chi connectivity index (χ1) is 15.6. The van der Waals surface area contributed by atoms with Crippen molar-refractivity contribution in [2.45, 2.75) is 40.5 Å². The van der Waals surface area contributed by atoms with Gasteiger partial charge in [-0.2, -0.15) is 0 Å². The number of ether oxygens (including phenoxy) is 3. The summed E-state index contributed by atoms with van der Waals surface area (Å²) in [6.07, 6.45) is 1.77. The molecule has 33 heavy (non-hydrogen) atoms. The maximum atomic E-state index is 12.6. The Morgan fingerprint density at radius 3 is 2.33 bits per heavy atom. The highest BCUT2D eigenvalue weighted by Crippen LogP contribution is 2.39. The molecule has 0 saturated heterocycles. The van der Waals surface area contributed by atoms with Crippen LogP contribution in [0, 0.1) is 5.41 Å². The summed E-state index contributed by atoms with van der Waals surface area (Å²) < 4.78 is 41.1. The third kappa shape index (κ3) is 8.39. The van der Waals surface area contributed by atoms with Gasteiger partial charge in [-0.3, -0.25) is 9.00 Å². The molecule has 0 radical (unpaired) electrons. The van der Waals surface area contributed by atoms with Gasteiger partial charge < -0.3 is 28.8 Å². The van der Waals surface area contributed by atoms with E-state index in [1.54, 1.807) is 45.0 Å². The number of nitrogens with one attached hydrogen (secondary N) is 2. The van der Waals surface area contributed by atoms with Gasteiger partial charge in [0.2, 0.25) is 6.79 Å². The molecule has 1 atom stereocenters. The summed E-state index contributed by atoms with van der Waals surface area (Å²) in [7, 11) is 0. The summed E-state index contributed by atoms with van der Waals surface area (Å²) in [5, 5.41) is 3.18. The lowest BCUT2D eigenvalue weighted by Gasteiger charge is -2.20. The van der Waals surface area contributed by atoms with Crippen LogP contribution in [-0.4, -0.2) is 34.0 Å². The fourth-order valence-electron chi connectivity index (χ4n) is 2.60. The molecule has 9 nitrogen and oxygen atoms in total. The van der Waals surface area contributed by atoms with Crippen molar-refractivity contribution < 1.29 is 32.6 Å². The van der Waals surface area contributed by atoms with Gasteiger partial charge in [0.05, 0.1) is 22.4 Å². The Hall–Kier alpha value is -3.11. The quantitative estimate of drug-likeness (QED) is 0.208. The monoisotopic (exact) mass is 477 g/mol. The molecule has 0 saturated carbocycles. The molecule has 1 unspecified atom stereocenters. The third-order valence-corrected chi connectivity index (χ3v) is 4.71. The van der Waals surface area contributed by atoms with E-state index in [9.17, 15) is 18.4 Å². The maximum absolute atomic E-state index is 12.6. The summed E-state index contributed by atoms with van der Waals surface area (Å²) in [5.41, 5.74) is -0.239. The van der Waals surface area contributed by atoms with E-state index >= 15 is 0 Å². The standard InChI is InChI=1S/C23H30N2O7S/c1-5-6-12-24-18-13-16(21(26)30-15-31-22(27)23(2,3)4)14-19(25-33(28)29)20(18)32-17-10-8-7-9-11-17/h7-11,13-14,24-25H,5-6,12,15H2,1-4H3,(H,28,29)/p-1. The Morgan fingerprint density at radius 1 is 1.06 bits per heavy atom. The minimum atomic E-state index is -2.67. The Labute approximate surface area is 196 Å². The summed E-state index contributed by atoms with van der Waals surface area (Å²) in [6, 6.07) is 11.6. The van der Waals surface area contributed by atoms with Gasteiger partial charge in [0.15, 0.2) is 5.75 Å². The highest BCUT2D eigenvalue weighted by molar-refractivity contribution is 7.80. The molecule has 0 aliphatic rings. The van der Waals surface area contributed by atoms with Crippen LogP contribution in [0.15, 0.2) is 42.5 Å². The minimum Gasteiger partial charge on any atom is -0.755 e. The molecule has 10 heteroatoms. The molecular weight excluding hydrogens is 448 g/mol. The number of carbonyl (C=O) groups excluding carboxylic acids is 2. The van der Waals surface area contributed by atoms with Gasteiger partial charge in [-0.25, -0.2) is 4.79 Å². The average Bonchev–Trinajstić information content (AvgIpc) is 2.75. The number of carbonyl (C=O) groups is 2. The van der Waals surface area contributed by atoms with E-state index in [4.69, 9.17) is 14.2 Å². The van der Waals surface area contributed by atoms with E-state index in [0.717, 1.165) is 12.8 Å². The fourth-order valence-corrected chi connectivity index (χ4v) is 2.93. The van der Waals surface area contributed by atoms with Gasteiger partial charge >= 0.3 is 11.9 Å². The topological polar surface area (TPSA) is 126 Å². The minimum absolute atomic E-state index is 0.0484. The van der Waals surface area contributed by atoms with E-state index < -0.39 is 35.4 Å². The lowest BCUT2D eigenvalue weighted by atomic mass is 9.98. The second-order valence-electron chi connectivity index (χ2n) is 8.16. The van der Waals surface area contributed by atoms with Crippen LogP contribution in [0.1, 0.15) is 50.9 Å². The highest BCUT2D eigenvalue weighted by Gasteiger charge is 2.24. The number of rotatable bonds is 11. The number of hydrogen-bond donors (Lipinski definition) is 2. The first-order valence-corrected chi connectivity index (χ1v) is 11.5. The van der Waals surface area contributed by atoms with Crippen LogP contribution in [0.5, 0.6) is 11.5 Å². The zero-order chi connectivity index (χ0) is 24.4. The predicted molar refractivity (Wildman–Crippen MR) is 125 cm³/mol. The molecule has 0 spiro atoms. The molecule has 0 amide bonds. The number of para-hydroxylation sites is 1. The zero-order valence-corrected chi connectivity index (χ0v) is 20.0. The molecule has 0 aromatic heterocycles. The van der Waals surface area contributed by atoms with Gasteiger partial charge in [0.1, 0.15) is 5.75 Å². The van der Waals surface area contributed by atoms with Crippen LogP contribution in [0.3, 0.4) is 0 Å². The van der Waals surface area contributed by atoms with Crippen molar-refractivity contribution in [2.24, 2.45) is 5.41 Å². The summed E-state index contributed by atoms with van der Waals surface area (Å²) >= 11 is -2.67. The summed E-state index contributed by atoms with van der Waals surface area (Å²) in [6.45, 7) is 7.08. The van der Waals surface area contributed by atoms with Crippen molar-refractivity contribution in [2.75, 3.05) is 23.4 Å². The molecule has 2 rings (SSSR count). The number of anilines is 2. The van der Waals surface area contributed by atoms with E-state index in [1.165, 1.54) is 12.1 Å². The van der Waals surface area contributed by atoms with Gasteiger partial charge in [-0.05, 0) is 51.5 Å². The molecule has 2 aromatic carbocycles. The molecule has 0 bridgehead atoms. The lowest BCUT2D eigenvalue weighted by molar-refractivity contribution is -0.161. The Bertz CT molecular complexity index is 975. The second-order valence-corrected chi connectivity index (χ2v) is 8.84. The first kappa shape index (κ1) is 26.1. The van der Waals surface area contributed by atoms with Gasteiger partial charge in [-0.15, -0.1) is 0 Å². The zero-order valence-electron chi connectivity index (χ0n) is 19.1. The van der Waals surface area contributed by atoms with E-state index in [-0.39, 0.29) is 17.0 Å². The van der Waals surface area contributed by atoms with E-state index in [0.29, 0.717) is 18.0 Å². The van der Waals surface area contributed by atoms with Crippen molar-refractivity contribution in [3.8, 4) is 11.5 Å². The van der Waals surface area contributed by atoms with Crippen molar-refractivity contribution in [3.05, 3.63) is 48.0 Å². The Morgan fingerprint density at radius 2 is 1.73 bits per heavy atom. The van der Waals surface area contributed by atoms with Gasteiger partial charge in [0.25, 0.3) is 0 Å². The molecule has 180 valence electrons. The molecule has 2 N–H and O–H groups in total. The van der Waals surface area contributed by atoms with Crippen LogP contribution < -0.4 is 14.8 Å². The SMILES string of the molecule is CCCCNc1cc(C(=O)OCOC(=O)C(C)(C)C)cc(NS(=O)[O-])c1Oc1ccccc1.